The quantitative estimate of drug-likeness (QED) is 0.854. The van der Waals surface area contributed by atoms with E-state index in [1.54, 1.807) is 6.26 Å². The van der Waals surface area contributed by atoms with E-state index in [1.807, 2.05) is 12.1 Å². The first-order chi connectivity index (χ1) is 8.94. The Bertz CT molecular complexity index is 373. The van der Waals surface area contributed by atoms with E-state index in [0.29, 0.717) is 12.0 Å². The van der Waals surface area contributed by atoms with E-state index in [-0.39, 0.29) is 6.04 Å². The van der Waals surface area contributed by atoms with Gasteiger partial charge >= 0.3 is 0 Å². The van der Waals surface area contributed by atoms with Gasteiger partial charge in [-0.2, -0.15) is 0 Å². The van der Waals surface area contributed by atoms with Crippen LogP contribution in [0.15, 0.2) is 22.8 Å². The molecule has 1 aliphatic rings. The van der Waals surface area contributed by atoms with E-state index >= 15 is 0 Å². The lowest BCUT2D eigenvalue weighted by molar-refractivity contribution is -0.0265. The Kier molecular flexibility index (Phi) is 4.36. The number of hydrogen-bond acceptors (Lipinski definition) is 3. The van der Waals surface area contributed by atoms with Gasteiger partial charge in [0.2, 0.25) is 0 Å². The van der Waals surface area contributed by atoms with Crippen LogP contribution in [-0.2, 0) is 0 Å². The summed E-state index contributed by atoms with van der Waals surface area (Å²) in [5, 5.41) is 14.1. The first kappa shape index (κ1) is 14.6. The predicted molar refractivity (Wildman–Crippen MR) is 76.9 cm³/mol. The molecule has 0 spiro atoms. The molecule has 3 nitrogen and oxygen atoms in total. The maximum atomic E-state index is 10.7. The normalized spacial score (nSPS) is 23.2. The maximum absolute atomic E-state index is 10.7. The fourth-order valence-electron chi connectivity index (χ4n) is 2.82. The van der Waals surface area contributed by atoms with Crippen molar-refractivity contribution < 1.29 is 9.52 Å². The minimum Gasteiger partial charge on any atom is -0.468 e. The van der Waals surface area contributed by atoms with E-state index in [0.717, 1.165) is 37.9 Å². The van der Waals surface area contributed by atoms with E-state index in [4.69, 9.17) is 4.42 Å². The zero-order valence-corrected chi connectivity index (χ0v) is 12.4. The lowest BCUT2D eigenvalue weighted by atomic mass is 9.71. The van der Waals surface area contributed by atoms with Crippen LogP contribution in [0, 0.1) is 5.41 Å². The number of aliphatic hydroxyl groups is 1. The van der Waals surface area contributed by atoms with Crippen molar-refractivity contribution in [1.29, 1.82) is 0 Å². The van der Waals surface area contributed by atoms with Crippen LogP contribution < -0.4 is 5.32 Å². The molecule has 0 bridgehead atoms. The molecule has 2 N–H and O–H groups in total. The molecule has 19 heavy (non-hydrogen) atoms. The average molecular weight is 265 g/mol. The van der Waals surface area contributed by atoms with Crippen LogP contribution in [0.2, 0.25) is 0 Å². The van der Waals surface area contributed by atoms with Crippen molar-refractivity contribution >= 4 is 0 Å². The van der Waals surface area contributed by atoms with Gasteiger partial charge in [0.1, 0.15) is 5.76 Å². The van der Waals surface area contributed by atoms with Crippen molar-refractivity contribution in [2.24, 2.45) is 5.41 Å². The summed E-state index contributed by atoms with van der Waals surface area (Å²) in [6.07, 6.45) is 6.65. The fraction of sp³-hybridized carbons (Fsp3) is 0.750. The monoisotopic (exact) mass is 265 g/mol. The van der Waals surface area contributed by atoms with Gasteiger partial charge in [-0.3, -0.25) is 0 Å². The second-order valence-electron chi connectivity index (χ2n) is 6.75. The summed E-state index contributed by atoms with van der Waals surface area (Å²) in [5.74, 6) is 0.960. The highest BCUT2D eigenvalue weighted by Crippen LogP contribution is 2.40. The molecule has 1 fully saturated rings. The largest absolute Gasteiger partial charge is 0.468 e. The Balaban J connectivity index is 1.87. The zero-order valence-electron chi connectivity index (χ0n) is 12.4. The van der Waals surface area contributed by atoms with Gasteiger partial charge in [-0.05, 0) is 49.7 Å². The summed E-state index contributed by atoms with van der Waals surface area (Å²) >= 11 is 0. The standard InChI is InChI=1S/C16H27NO2/c1-4-13(14-6-5-11-19-14)17-12-16(18)9-7-15(2,3)8-10-16/h5-6,11,13,17-18H,4,7-10,12H2,1-3H3. The minimum atomic E-state index is -0.546. The molecule has 0 saturated heterocycles. The Labute approximate surface area is 116 Å². The molecule has 1 aliphatic carbocycles. The van der Waals surface area contributed by atoms with E-state index in [2.05, 4.69) is 26.1 Å². The maximum Gasteiger partial charge on any atom is 0.120 e. The second kappa shape index (κ2) is 5.68. The number of rotatable bonds is 5. The van der Waals surface area contributed by atoms with Crippen LogP contribution in [0.5, 0.6) is 0 Å². The Morgan fingerprint density at radius 2 is 2.00 bits per heavy atom. The lowest BCUT2D eigenvalue weighted by Gasteiger charge is -2.40. The SMILES string of the molecule is CCC(NCC1(O)CCC(C)(C)CC1)c1ccco1. The van der Waals surface area contributed by atoms with Gasteiger partial charge in [-0.25, -0.2) is 0 Å². The van der Waals surface area contributed by atoms with Crippen molar-refractivity contribution in [3.05, 3.63) is 24.2 Å². The Morgan fingerprint density at radius 1 is 1.32 bits per heavy atom. The molecule has 1 atom stereocenters. The zero-order chi connectivity index (χ0) is 13.9. The van der Waals surface area contributed by atoms with E-state index < -0.39 is 5.60 Å². The molecule has 1 unspecified atom stereocenters. The third kappa shape index (κ3) is 3.83. The minimum absolute atomic E-state index is 0.203. The van der Waals surface area contributed by atoms with E-state index in [1.165, 1.54) is 0 Å². The van der Waals surface area contributed by atoms with Gasteiger partial charge in [-0.15, -0.1) is 0 Å². The van der Waals surface area contributed by atoms with Gasteiger partial charge in [0.15, 0.2) is 0 Å². The molecular weight excluding hydrogens is 238 g/mol. The highest BCUT2D eigenvalue weighted by atomic mass is 16.3. The second-order valence-corrected chi connectivity index (χ2v) is 6.75. The predicted octanol–water partition coefficient (Wildman–Crippen LogP) is 3.65. The van der Waals surface area contributed by atoms with Gasteiger partial charge in [0.05, 0.1) is 17.9 Å². The molecular formula is C16H27NO2. The van der Waals surface area contributed by atoms with Crippen molar-refractivity contribution in [2.45, 2.75) is 64.5 Å². The van der Waals surface area contributed by atoms with Gasteiger partial charge in [0, 0.05) is 6.54 Å². The summed E-state index contributed by atoms with van der Waals surface area (Å²) in [5.41, 5.74) is -0.160. The number of furan rings is 1. The number of hydrogen-bond donors (Lipinski definition) is 2. The third-order valence-corrected chi connectivity index (χ3v) is 4.51. The van der Waals surface area contributed by atoms with Crippen molar-refractivity contribution in [2.75, 3.05) is 6.54 Å². The topological polar surface area (TPSA) is 45.4 Å². The summed E-state index contributed by atoms with van der Waals surface area (Å²) in [6.45, 7) is 7.37. The van der Waals surface area contributed by atoms with Crippen LogP contribution in [-0.4, -0.2) is 17.3 Å². The molecule has 1 aromatic heterocycles. The fourth-order valence-corrected chi connectivity index (χ4v) is 2.82. The van der Waals surface area contributed by atoms with Crippen molar-refractivity contribution in [3.63, 3.8) is 0 Å². The Hall–Kier alpha value is -0.800. The summed E-state index contributed by atoms with van der Waals surface area (Å²) < 4.78 is 5.45. The summed E-state index contributed by atoms with van der Waals surface area (Å²) in [6, 6.07) is 4.11. The highest BCUT2D eigenvalue weighted by Gasteiger charge is 2.36. The molecule has 108 valence electrons. The summed E-state index contributed by atoms with van der Waals surface area (Å²) in [4.78, 5) is 0. The van der Waals surface area contributed by atoms with Crippen LogP contribution in [0.1, 0.15) is 64.7 Å². The van der Waals surface area contributed by atoms with Gasteiger partial charge < -0.3 is 14.8 Å². The Morgan fingerprint density at radius 3 is 2.53 bits per heavy atom. The molecule has 2 rings (SSSR count). The van der Waals surface area contributed by atoms with Crippen LogP contribution in [0.25, 0.3) is 0 Å². The molecule has 1 heterocycles. The van der Waals surface area contributed by atoms with Crippen molar-refractivity contribution in [1.82, 2.24) is 5.32 Å². The summed E-state index contributed by atoms with van der Waals surface area (Å²) in [7, 11) is 0. The molecule has 1 aromatic rings. The first-order valence-corrected chi connectivity index (χ1v) is 7.43. The third-order valence-electron chi connectivity index (χ3n) is 4.51. The molecule has 0 amide bonds. The van der Waals surface area contributed by atoms with Crippen LogP contribution in [0.4, 0.5) is 0 Å². The molecule has 3 heteroatoms. The average Bonchev–Trinajstić information content (AvgIpc) is 2.89. The molecule has 0 radical (unpaired) electrons. The molecule has 1 saturated carbocycles. The molecule has 0 aromatic carbocycles. The highest BCUT2D eigenvalue weighted by molar-refractivity contribution is 5.04. The smallest absolute Gasteiger partial charge is 0.120 e. The van der Waals surface area contributed by atoms with E-state index in [9.17, 15) is 5.11 Å². The van der Waals surface area contributed by atoms with Crippen LogP contribution >= 0.6 is 0 Å². The number of nitrogens with one attached hydrogen (secondary N) is 1. The van der Waals surface area contributed by atoms with Gasteiger partial charge in [0.25, 0.3) is 0 Å². The van der Waals surface area contributed by atoms with Crippen molar-refractivity contribution in [3.8, 4) is 0 Å². The first-order valence-electron chi connectivity index (χ1n) is 7.43. The molecule has 0 aliphatic heterocycles. The van der Waals surface area contributed by atoms with Gasteiger partial charge in [-0.1, -0.05) is 20.8 Å². The lowest BCUT2D eigenvalue weighted by Crippen LogP contribution is -2.45. The van der Waals surface area contributed by atoms with Crippen LogP contribution in [0.3, 0.4) is 0 Å².